The van der Waals surface area contributed by atoms with Crippen molar-refractivity contribution < 1.29 is 10.0 Å². The Morgan fingerprint density at radius 1 is 0.893 bits per heavy atom. The van der Waals surface area contributed by atoms with Gasteiger partial charge in [-0.25, -0.2) is 5.48 Å². The molecular formula is C24H22N2O2. The number of hydroxylamine groups is 1. The van der Waals surface area contributed by atoms with Gasteiger partial charge in [-0.3, -0.25) is 10.0 Å². The van der Waals surface area contributed by atoms with Crippen LogP contribution in [-0.2, 0) is 24.2 Å². The number of hydrogen-bond donors (Lipinski definition) is 2. The maximum atomic E-state index is 11.1. The van der Waals surface area contributed by atoms with Crippen molar-refractivity contribution >= 4 is 23.4 Å². The zero-order valence-electron chi connectivity index (χ0n) is 15.5. The van der Waals surface area contributed by atoms with E-state index in [1.165, 1.54) is 34.1 Å². The minimum absolute atomic E-state index is 0.540. The van der Waals surface area contributed by atoms with E-state index in [2.05, 4.69) is 65.6 Å². The quantitative estimate of drug-likeness (QED) is 0.400. The molecule has 4 nitrogen and oxygen atoms in total. The first kappa shape index (κ1) is 18.0. The molecule has 0 aliphatic carbocycles. The lowest BCUT2D eigenvalue weighted by Gasteiger charge is -2.27. The van der Waals surface area contributed by atoms with Gasteiger partial charge >= 0.3 is 0 Å². The van der Waals surface area contributed by atoms with Crippen molar-refractivity contribution in [3.05, 3.63) is 101 Å². The average Bonchev–Trinajstić information content (AvgIpc) is 2.90. The Balaban J connectivity index is 1.64. The molecule has 1 aliphatic heterocycles. The highest BCUT2D eigenvalue weighted by Crippen LogP contribution is 2.37. The third-order valence-corrected chi connectivity index (χ3v) is 5.09. The van der Waals surface area contributed by atoms with E-state index in [0.29, 0.717) is 0 Å². The van der Waals surface area contributed by atoms with Crippen LogP contribution in [0.1, 0.15) is 22.3 Å². The van der Waals surface area contributed by atoms with E-state index in [-0.39, 0.29) is 0 Å². The summed E-state index contributed by atoms with van der Waals surface area (Å²) in [5, 5.41) is 8.57. The average molecular weight is 370 g/mol. The molecule has 0 bridgehead atoms. The fourth-order valence-corrected chi connectivity index (χ4v) is 3.67. The molecule has 0 saturated heterocycles. The van der Waals surface area contributed by atoms with E-state index < -0.39 is 5.91 Å². The van der Waals surface area contributed by atoms with Gasteiger partial charge in [-0.15, -0.1) is 0 Å². The number of carbonyl (C=O) groups is 1. The highest BCUT2D eigenvalue weighted by molar-refractivity contribution is 5.90. The third-order valence-electron chi connectivity index (χ3n) is 5.09. The van der Waals surface area contributed by atoms with Gasteiger partial charge in [0.15, 0.2) is 0 Å². The Kier molecular flexibility index (Phi) is 5.22. The molecule has 0 spiro atoms. The van der Waals surface area contributed by atoms with Crippen molar-refractivity contribution in [3.63, 3.8) is 0 Å². The third kappa shape index (κ3) is 3.82. The number of nitrogens with one attached hydrogen (secondary N) is 1. The Morgan fingerprint density at radius 2 is 1.46 bits per heavy atom. The van der Waals surface area contributed by atoms with Crippen LogP contribution in [0.3, 0.4) is 0 Å². The molecule has 3 aromatic rings. The lowest BCUT2D eigenvalue weighted by atomic mass is 10.0. The molecule has 0 aromatic heterocycles. The van der Waals surface area contributed by atoms with Crippen molar-refractivity contribution in [2.45, 2.75) is 19.4 Å². The smallest absolute Gasteiger partial charge is 0.267 e. The van der Waals surface area contributed by atoms with Crippen LogP contribution in [0.4, 0.5) is 11.4 Å². The molecule has 28 heavy (non-hydrogen) atoms. The Morgan fingerprint density at radius 3 is 2.04 bits per heavy atom. The molecule has 140 valence electrons. The molecule has 0 atom stereocenters. The molecule has 0 radical (unpaired) electrons. The molecule has 0 saturated carbocycles. The number of amides is 1. The van der Waals surface area contributed by atoms with Crippen LogP contribution in [0.2, 0.25) is 0 Å². The van der Waals surface area contributed by atoms with Gasteiger partial charge in [0.2, 0.25) is 0 Å². The predicted octanol–water partition coefficient (Wildman–Crippen LogP) is 4.64. The Hall–Kier alpha value is -3.37. The molecule has 2 N–H and O–H groups in total. The summed E-state index contributed by atoms with van der Waals surface area (Å²) < 4.78 is 0. The van der Waals surface area contributed by atoms with Gasteiger partial charge in [0.25, 0.3) is 5.91 Å². The second kappa shape index (κ2) is 8.11. The molecule has 4 rings (SSSR count). The summed E-state index contributed by atoms with van der Waals surface area (Å²) >= 11 is 0. The number of para-hydroxylation sites is 2. The van der Waals surface area contributed by atoms with Gasteiger partial charge in [0, 0.05) is 24.0 Å². The molecule has 1 aliphatic rings. The largest absolute Gasteiger partial charge is 0.337 e. The second-order valence-corrected chi connectivity index (χ2v) is 6.89. The zero-order valence-corrected chi connectivity index (χ0v) is 15.5. The highest BCUT2D eigenvalue weighted by atomic mass is 16.5. The van der Waals surface area contributed by atoms with E-state index in [0.717, 1.165) is 24.9 Å². The van der Waals surface area contributed by atoms with Gasteiger partial charge in [0.1, 0.15) is 0 Å². The Bertz CT molecular complexity index is 962. The zero-order chi connectivity index (χ0) is 19.3. The van der Waals surface area contributed by atoms with E-state index in [4.69, 9.17) is 5.21 Å². The lowest BCUT2D eigenvalue weighted by molar-refractivity contribution is -0.124. The summed E-state index contributed by atoms with van der Waals surface area (Å²) in [6, 6.07) is 25.3. The predicted molar refractivity (Wildman–Crippen MR) is 112 cm³/mol. The van der Waals surface area contributed by atoms with E-state index >= 15 is 0 Å². The van der Waals surface area contributed by atoms with Crippen LogP contribution < -0.4 is 10.4 Å². The van der Waals surface area contributed by atoms with Crippen molar-refractivity contribution in [1.82, 2.24) is 5.48 Å². The minimum Gasteiger partial charge on any atom is -0.337 e. The number of anilines is 2. The fraction of sp³-hybridized carbons (Fsp3) is 0.125. The van der Waals surface area contributed by atoms with E-state index in [1.807, 2.05) is 12.1 Å². The molecule has 4 heteroatoms. The van der Waals surface area contributed by atoms with Gasteiger partial charge in [0.05, 0.1) is 0 Å². The summed E-state index contributed by atoms with van der Waals surface area (Å²) in [5.74, 6) is -0.540. The molecule has 0 fully saturated rings. The van der Waals surface area contributed by atoms with Gasteiger partial charge in [-0.1, -0.05) is 60.7 Å². The monoisotopic (exact) mass is 370 g/mol. The van der Waals surface area contributed by atoms with E-state index in [1.54, 1.807) is 11.6 Å². The van der Waals surface area contributed by atoms with Crippen LogP contribution in [0.15, 0.2) is 78.9 Å². The van der Waals surface area contributed by atoms with Crippen molar-refractivity contribution in [2.24, 2.45) is 0 Å². The number of carbonyl (C=O) groups excluding carboxylic acids is 1. The van der Waals surface area contributed by atoms with Crippen LogP contribution in [0, 0.1) is 0 Å². The first-order chi connectivity index (χ1) is 13.7. The topological polar surface area (TPSA) is 52.6 Å². The second-order valence-electron chi connectivity index (χ2n) is 6.89. The van der Waals surface area contributed by atoms with E-state index in [9.17, 15) is 4.79 Å². The number of rotatable bonds is 4. The maximum absolute atomic E-state index is 11.1. The van der Waals surface area contributed by atoms with Crippen LogP contribution in [0.25, 0.3) is 6.08 Å². The molecule has 3 aromatic carbocycles. The SMILES string of the molecule is O=C(C=Cc1ccc(CN2c3ccccc3CCc3ccccc32)cc1)NO. The minimum atomic E-state index is -0.540. The Labute approximate surface area is 164 Å². The number of nitrogens with zero attached hydrogens (tertiary/aromatic N) is 1. The van der Waals surface area contributed by atoms with Gasteiger partial charge in [-0.05, 0) is 53.3 Å². The fourth-order valence-electron chi connectivity index (χ4n) is 3.67. The first-order valence-electron chi connectivity index (χ1n) is 9.39. The first-order valence-corrected chi connectivity index (χ1v) is 9.39. The normalized spacial score (nSPS) is 13.0. The summed E-state index contributed by atoms with van der Waals surface area (Å²) in [4.78, 5) is 13.5. The summed E-state index contributed by atoms with van der Waals surface area (Å²) in [6.45, 7) is 0.773. The standard InChI is InChI=1S/C24H22N2O2/c27-24(25-28)16-13-18-9-11-19(12-10-18)17-26-22-7-3-1-5-20(22)14-15-21-6-2-4-8-23(21)26/h1-13,16,28H,14-15,17H2,(H,25,27). The van der Waals surface area contributed by atoms with Gasteiger partial charge < -0.3 is 4.90 Å². The highest BCUT2D eigenvalue weighted by Gasteiger charge is 2.20. The molecule has 0 unspecified atom stereocenters. The number of benzene rings is 3. The van der Waals surface area contributed by atoms with Crippen LogP contribution in [0.5, 0.6) is 0 Å². The van der Waals surface area contributed by atoms with Crippen LogP contribution in [-0.4, -0.2) is 11.1 Å². The summed E-state index contributed by atoms with van der Waals surface area (Å²) in [6.07, 6.45) is 5.06. The summed E-state index contributed by atoms with van der Waals surface area (Å²) in [5.41, 5.74) is 8.95. The summed E-state index contributed by atoms with van der Waals surface area (Å²) in [7, 11) is 0. The number of fused-ring (bicyclic) bond motifs is 2. The molecular weight excluding hydrogens is 348 g/mol. The lowest BCUT2D eigenvalue weighted by Crippen LogP contribution is -2.17. The number of hydrogen-bond acceptors (Lipinski definition) is 3. The van der Waals surface area contributed by atoms with Crippen LogP contribution >= 0.6 is 0 Å². The molecule has 1 amide bonds. The van der Waals surface area contributed by atoms with Gasteiger partial charge in [-0.2, -0.15) is 0 Å². The maximum Gasteiger partial charge on any atom is 0.267 e. The number of aryl methyl sites for hydroxylation is 2. The molecule has 1 heterocycles. The van der Waals surface area contributed by atoms with Crippen molar-refractivity contribution in [2.75, 3.05) is 4.90 Å². The van der Waals surface area contributed by atoms with Crippen molar-refractivity contribution in [1.29, 1.82) is 0 Å². The van der Waals surface area contributed by atoms with Crippen molar-refractivity contribution in [3.8, 4) is 0 Å².